The predicted molar refractivity (Wildman–Crippen MR) is 91.8 cm³/mol. The summed E-state index contributed by atoms with van der Waals surface area (Å²) in [6.45, 7) is 3.08. The Balaban J connectivity index is 1.67. The van der Waals surface area contributed by atoms with E-state index in [9.17, 15) is 18.0 Å². The maximum Gasteiger partial charge on any atom is 0.416 e. The van der Waals surface area contributed by atoms with Crippen molar-refractivity contribution < 1.29 is 18.0 Å². The third-order valence-electron chi connectivity index (χ3n) is 4.36. The van der Waals surface area contributed by atoms with E-state index in [1.54, 1.807) is 0 Å². The molecule has 0 aliphatic carbocycles. The Labute approximate surface area is 149 Å². The van der Waals surface area contributed by atoms with Gasteiger partial charge in [-0.15, -0.1) is 5.10 Å². The Hall–Kier alpha value is -2.64. The summed E-state index contributed by atoms with van der Waals surface area (Å²) in [6, 6.07) is 8.38. The summed E-state index contributed by atoms with van der Waals surface area (Å²) >= 11 is 0. The molecule has 2 heterocycles. The predicted octanol–water partition coefficient (Wildman–Crippen LogP) is 3.66. The van der Waals surface area contributed by atoms with Crippen molar-refractivity contribution in [1.29, 1.82) is 0 Å². The average molecular weight is 364 g/mol. The molecule has 1 amide bonds. The summed E-state index contributed by atoms with van der Waals surface area (Å²) in [5.74, 6) is 0.0997. The monoisotopic (exact) mass is 364 g/mol. The number of anilines is 2. The maximum absolute atomic E-state index is 12.8. The van der Waals surface area contributed by atoms with Crippen LogP contribution in [-0.4, -0.2) is 29.2 Å². The zero-order valence-corrected chi connectivity index (χ0v) is 14.3. The number of alkyl halides is 3. The summed E-state index contributed by atoms with van der Waals surface area (Å²) in [5, 5.41) is 10.8. The van der Waals surface area contributed by atoms with Gasteiger partial charge in [0.2, 0.25) is 5.91 Å². The second kappa shape index (κ2) is 7.31. The molecule has 26 heavy (non-hydrogen) atoms. The fourth-order valence-electron chi connectivity index (χ4n) is 2.98. The van der Waals surface area contributed by atoms with Crippen molar-refractivity contribution in [2.75, 3.05) is 23.3 Å². The third kappa shape index (κ3) is 4.30. The number of hydrogen-bond acceptors (Lipinski definition) is 4. The summed E-state index contributed by atoms with van der Waals surface area (Å²) in [7, 11) is 0. The fourth-order valence-corrected chi connectivity index (χ4v) is 2.98. The molecule has 2 aromatic rings. The van der Waals surface area contributed by atoms with Gasteiger partial charge < -0.3 is 10.2 Å². The number of nitrogens with one attached hydrogen (secondary N) is 1. The Kier molecular flexibility index (Phi) is 5.11. The number of nitrogens with zero attached hydrogens (tertiary/aromatic N) is 3. The zero-order valence-electron chi connectivity index (χ0n) is 14.3. The highest BCUT2D eigenvalue weighted by Crippen LogP contribution is 2.31. The molecule has 0 radical (unpaired) electrons. The van der Waals surface area contributed by atoms with Crippen LogP contribution < -0.4 is 10.2 Å². The molecule has 1 saturated heterocycles. The van der Waals surface area contributed by atoms with Gasteiger partial charge in [-0.05, 0) is 50.1 Å². The van der Waals surface area contributed by atoms with Gasteiger partial charge in [0.25, 0.3) is 0 Å². The molecule has 1 fully saturated rings. The molecule has 5 nitrogen and oxygen atoms in total. The van der Waals surface area contributed by atoms with Gasteiger partial charge in [0, 0.05) is 18.8 Å². The van der Waals surface area contributed by atoms with Gasteiger partial charge in [-0.2, -0.15) is 18.3 Å². The number of aromatic nitrogens is 2. The summed E-state index contributed by atoms with van der Waals surface area (Å²) < 4.78 is 38.4. The second-order valence-corrected chi connectivity index (χ2v) is 6.39. The molecule has 0 saturated carbocycles. The first-order valence-electron chi connectivity index (χ1n) is 8.36. The number of rotatable bonds is 3. The van der Waals surface area contributed by atoms with Crippen molar-refractivity contribution in [3.8, 4) is 0 Å². The van der Waals surface area contributed by atoms with Gasteiger partial charge in [-0.25, -0.2) is 0 Å². The van der Waals surface area contributed by atoms with E-state index in [1.165, 1.54) is 12.1 Å². The number of aryl methyl sites for hydroxylation is 1. The molecule has 1 N–H and O–H groups in total. The van der Waals surface area contributed by atoms with E-state index in [0.29, 0.717) is 18.8 Å². The third-order valence-corrected chi connectivity index (χ3v) is 4.36. The number of carbonyl (C=O) groups is 1. The molecule has 1 aliphatic heterocycles. The highest BCUT2D eigenvalue weighted by atomic mass is 19.4. The van der Waals surface area contributed by atoms with Crippen LogP contribution in [0.15, 0.2) is 36.4 Å². The minimum Gasteiger partial charge on any atom is -0.354 e. The molecule has 1 aromatic heterocycles. The molecule has 138 valence electrons. The molecule has 1 aromatic carbocycles. The summed E-state index contributed by atoms with van der Waals surface area (Å²) in [6.07, 6.45) is -2.96. The quantitative estimate of drug-likeness (QED) is 0.903. The van der Waals surface area contributed by atoms with E-state index in [1.807, 2.05) is 24.0 Å². The van der Waals surface area contributed by atoms with Crippen molar-refractivity contribution in [3.63, 3.8) is 0 Å². The van der Waals surface area contributed by atoms with Gasteiger partial charge >= 0.3 is 6.18 Å². The van der Waals surface area contributed by atoms with E-state index < -0.39 is 11.7 Å². The first-order chi connectivity index (χ1) is 12.3. The Morgan fingerprint density at radius 2 is 2.04 bits per heavy atom. The zero-order chi connectivity index (χ0) is 18.7. The van der Waals surface area contributed by atoms with Crippen LogP contribution in [0.2, 0.25) is 0 Å². The first kappa shape index (κ1) is 18.2. The van der Waals surface area contributed by atoms with E-state index in [0.717, 1.165) is 30.8 Å². The fraction of sp³-hybridized carbons (Fsp3) is 0.389. The molecular weight excluding hydrogens is 345 g/mol. The minimum atomic E-state index is -4.44. The van der Waals surface area contributed by atoms with Crippen molar-refractivity contribution in [2.45, 2.75) is 25.9 Å². The molecule has 0 spiro atoms. The van der Waals surface area contributed by atoms with Crippen molar-refractivity contribution in [3.05, 3.63) is 47.7 Å². The Morgan fingerprint density at radius 3 is 2.73 bits per heavy atom. The molecule has 0 bridgehead atoms. The smallest absolute Gasteiger partial charge is 0.354 e. The normalized spacial score (nSPS) is 17.8. The van der Waals surface area contributed by atoms with Crippen LogP contribution in [0.1, 0.15) is 24.1 Å². The number of hydrogen-bond donors (Lipinski definition) is 1. The van der Waals surface area contributed by atoms with Crippen LogP contribution in [0.3, 0.4) is 0 Å². The van der Waals surface area contributed by atoms with E-state index >= 15 is 0 Å². The second-order valence-electron chi connectivity index (χ2n) is 6.39. The van der Waals surface area contributed by atoms with Crippen LogP contribution in [0.5, 0.6) is 0 Å². The highest BCUT2D eigenvalue weighted by Gasteiger charge is 2.31. The molecule has 1 atom stereocenters. The van der Waals surface area contributed by atoms with Crippen LogP contribution in [0, 0.1) is 12.8 Å². The van der Waals surface area contributed by atoms with Crippen LogP contribution >= 0.6 is 0 Å². The lowest BCUT2D eigenvalue weighted by atomic mass is 9.97. The van der Waals surface area contributed by atoms with E-state index in [2.05, 4.69) is 15.5 Å². The van der Waals surface area contributed by atoms with Crippen molar-refractivity contribution >= 4 is 17.4 Å². The largest absolute Gasteiger partial charge is 0.416 e. The van der Waals surface area contributed by atoms with Gasteiger partial charge in [-0.1, -0.05) is 6.07 Å². The maximum atomic E-state index is 12.8. The van der Waals surface area contributed by atoms with Gasteiger partial charge in [0.15, 0.2) is 5.82 Å². The number of halogens is 3. The molecule has 1 unspecified atom stereocenters. The molecule has 3 rings (SSSR count). The van der Waals surface area contributed by atoms with Crippen molar-refractivity contribution in [2.24, 2.45) is 5.92 Å². The van der Waals surface area contributed by atoms with Gasteiger partial charge in [0.1, 0.15) is 0 Å². The van der Waals surface area contributed by atoms with Crippen molar-refractivity contribution in [1.82, 2.24) is 10.2 Å². The standard InChI is InChI=1S/C18H19F3N4O/c1-12-7-8-16(24-23-12)25-9-3-4-13(11-25)17(26)22-15-6-2-5-14(10-15)18(19,20)21/h2,5-8,10,13H,3-4,9,11H2,1H3,(H,22,26). The van der Waals surface area contributed by atoms with Gasteiger partial charge in [0.05, 0.1) is 17.2 Å². The van der Waals surface area contributed by atoms with Crippen LogP contribution in [-0.2, 0) is 11.0 Å². The SMILES string of the molecule is Cc1ccc(N2CCCC(C(=O)Nc3cccc(C(F)(F)F)c3)C2)nn1. The Bertz CT molecular complexity index is 777. The number of amides is 1. The lowest BCUT2D eigenvalue weighted by molar-refractivity contribution is -0.137. The topological polar surface area (TPSA) is 58.1 Å². The first-order valence-corrected chi connectivity index (χ1v) is 8.36. The average Bonchev–Trinajstić information content (AvgIpc) is 2.62. The lowest BCUT2D eigenvalue weighted by Gasteiger charge is -2.32. The van der Waals surface area contributed by atoms with Crippen LogP contribution in [0.4, 0.5) is 24.7 Å². The number of piperidine rings is 1. The summed E-state index contributed by atoms with van der Waals surface area (Å²) in [4.78, 5) is 14.5. The summed E-state index contributed by atoms with van der Waals surface area (Å²) in [5.41, 5.74) is 0.178. The number of benzene rings is 1. The van der Waals surface area contributed by atoms with E-state index in [4.69, 9.17) is 0 Å². The minimum absolute atomic E-state index is 0.150. The van der Waals surface area contributed by atoms with E-state index in [-0.39, 0.29) is 17.5 Å². The highest BCUT2D eigenvalue weighted by molar-refractivity contribution is 5.93. The molecular formula is C18H19F3N4O. The van der Waals surface area contributed by atoms with Crippen LogP contribution in [0.25, 0.3) is 0 Å². The number of carbonyl (C=O) groups excluding carboxylic acids is 1. The molecule has 8 heteroatoms. The Morgan fingerprint density at radius 1 is 1.23 bits per heavy atom. The van der Waals surface area contributed by atoms with Gasteiger partial charge in [-0.3, -0.25) is 4.79 Å². The lowest BCUT2D eigenvalue weighted by Crippen LogP contribution is -2.41. The molecule has 1 aliphatic rings.